The van der Waals surface area contributed by atoms with Gasteiger partial charge in [0.15, 0.2) is 0 Å². The van der Waals surface area contributed by atoms with Crippen molar-refractivity contribution in [2.45, 2.75) is 19.6 Å². The molecule has 4 aromatic rings. The van der Waals surface area contributed by atoms with Crippen molar-refractivity contribution >= 4 is 17.6 Å². The molecule has 35 heavy (non-hydrogen) atoms. The third-order valence-corrected chi connectivity index (χ3v) is 5.00. The number of amides is 1. The van der Waals surface area contributed by atoms with Gasteiger partial charge in [-0.05, 0) is 43.3 Å². The fraction of sp³-hybridized carbons (Fsp3) is 0.143. The van der Waals surface area contributed by atoms with Crippen molar-refractivity contribution in [3.8, 4) is 11.5 Å². The Morgan fingerprint density at radius 3 is 2.26 bits per heavy atom. The Morgan fingerprint density at radius 1 is 0.829 bits per heavy atom. The summed E-state index contributed by atoms with van der Waals surface area (Å²) in [6, 6.07) is 28.2. The molecule has 0 aliphatic heterocycles. The van der Waals surface area contributed by atoms with E-state index in [1.54, 1.807) is 48.5 Å². The molecular weight excluding hydrogens is 446 g/mol. The Kier molecular flexibility index (Phi) is 7.81. The van der Waals surface area contributed by atoms with Gasteiger partial charge in [0.2, 0.25) is 11.9 Å². The van der Waals surface area contributed by atoms with Crippen LogP contribution in [-0.2, 0) is 16.1 Å². The van der Waals surface area contributed by atoms with Gasteiger partial charge in [0.25, 0.3) is 5.91 Å². The van der Waals surface area contributed by atoms with Crippen LogP contribution >= 0.6 is 0 Å². The second kappa shape index (κ2) is 11.6. The van der Waals surface area contributed by atoms with Gasteiger partial charge in [0.1, 0.15) is 23.9 Å². The van der Waals surface area contributed by atoms with E-state index in [1.807, 2.05) is 49.4 Å². The van der Waals surface area contributed by atoms with E-state index in [4.69, 9.17) is 18.6 Å². The fourth-order valence-corrected chi connectivity index (χ4v) is 3.35. The topological polar surface area (TPSA) is 87.0 Å². The molecule has 7 heteroatoms. The van der Waals surface area contributed by atoms with Crippen LogP contribution in [-0.4, -0.2) is 18.5 Å². The number of furan rings is 1. The molecule has 0 radical (unpaired) electrons. The number of para-hydroxylation sites is 3. The average Bonchev–Trinajstić information content (AvgIpc) is 3.38. The van der Waals surface area contributed by atoms with Crippen LogP contribution in [0.25, 0.3) is 0 Å². The molecule has 0 bridgehead atoms. The predicted molar refractivity (Wildman–Crippen MR) is 130 cm³/mol. The van der Waals surface area contributed by atoms with Crippen LogP contribution in [0.3, 0.4) is 0 Å². The van der Waals surface area contributed by atoms with Crippen LogP contribution in [0.5, 0.6) is 11.5 Å². The minimum Gasteiger partial charge on any atom is -0.492 e. The molecule has 1 amide bonds. The summed E-state index contributed by atoms with van der Waals surface area (Å²) in [7, 11) is 0. The lowest BCUT2D eigenvalue weighted by molar-refractivity contribution is -0.125. The molecule has 1 unspecified atom stereocenters. The number of anilines is 1. The molecule has 1 aromatic heterocycles. The highest BCUT2D eigenvalue weighted by Gasteiger charge is 2.28. The first kappa shape index (κ1) is 23.6. The number of esters is 1. The molecule has 1 heterocycles. The molecule has 0 fully saturated rings. The van der Waals surface area contributed by atoms with Crippen LogP contribution in [0.2, 0.25) is 0 Å². The maximum absolute atomic E-state index is 13.2. The maximum atomic E-state index is 13.2. The van der Waals surface area contributed by atoms with E-state index in [0.717, 1.165) is 0 Å². The van der Waals surface area contributed by atoms with Gasteiger partial charge in [0.05, 0.1) is 12.3 Å². The molecule has 1 N–H and O–H groups in total. The van der Waals surface area contributed by atoms with Gasteiger partial charge in [-0.1, -0.05) is 60.7 Å². The number of carbonyl (C=O) groups is 2. The van der Waals surface area contributed by atoms with Crippen molar-refractivity contribution in [2.24, 2.45) is 0 Å². The summed E-state index contributed by atoms with van der Waals surface area (Å²) in [4.78, 5) is 26.1. The van der Waals surface area contributed by atoms with E-state index in [0.29, 0.717) is 35.1 Å². The van der Waals surface area contributed by atoms with Crippen molar-refractivity contribution in [3.05, 3.63) is 114 Å². The predicted octanol–water partition coefficient (Wildman–Crippen LogP) is 5.79. The molecule has 4 rings (SSSR count). The number of ether oxygens (including phenoxy) is 3. The van der Waals surface area contributed by atoms with Gasteiger partial charge in [0, 0.05) is 5.56 Å². The standard InChI is InChI=1S/C28H25NO6/c1-2-32-24-16-10-9-15-23(24)29-27(30)26(20-11-5-3-6-12-20)35-28(31)25-18-17-22(34-25)19-33-21-13-7-4-8-14-21/h3-18,26H,2,19H2,1H3,(H,29,30). The first-order valence-electron chi connectivity index (χ1n) is 11.2. The second-order valence-electron chi connectivity index (χ2n) is 7.48. The highest BCUT2D eigenvalue weighted by atomic mass is 16.6. The monoisotopic (exact) mass is 471 g/mol. The summed E-state index contributed by atoms with van der Waals surface area (Å²) >= 11 is 0. The lowest BCUT2D eigenvalue weighted by Crippen LogP contribution is -2.26. The molecule has 7 nitrogen and oxygen atoms in total. The SMILES string of the molecule is CCOc1ccccc1NC(=O)C(OC(=O)c1ccc(COc2ccccc2)o1)c1ccccc1. The quantitative estimate of drug-likeness (QED) is 0.295. The zero-order valence-corrected chi connectivity index (χ0v) is 19.2. The molecule has 0 aliphatic carbocycles. The summed E-state index contributed by atoms with van der Waals surface area (Å²) in [5.74, 6) is 0.345. The maximum Gasteiger partial charge on any atom is 0.375 e. The minimum absolute atomic E-state index is 0.0277. The van der Waals surface area contributed by atoms with Crippen LogP contribution in [0.1, 0.15) is 34.9 Å². The van der Waals surface area contributed by atoms with E-state index >= 15 is 0 Å². The molecule has 0 saturated carbocycles. The fourth-order valence-electron chi connectivity index (χ4n) is 3.35. The lowest BCUT2D eigenvalue weighted by atomic mass is 10.1. The molecule has 1 atom stereocenters. The van der Waals surface area contributed by atoms with Gasteiger partial charge < -0.3 is 23.9 Å². The Morgan fingerprint density at radius 2 is 1.51 bits per heavy atom. The third-order valence-electron chi connectivity index (χ3n) is 5.00. The van der Waals surface area contributed by atoms with Gasteiger partial charge in [-0.15, -0.1) is 0 Å². The highest BCUT2D eigenvalue weighted by Crippen LogP contribution is 2.27. The normalized spacial score (nSPS) is 11.3. The van der Waals surface area contributed by atoms with Crippen LogP contribution in [0.15, 0.2) is 101 Å². The third kappa shape index (κ3) is 6.29. The first-order chi connectivity index (χ1) is 17.1. The minimum atomic E-state index is -1.20. The first-order valence-corrected chi connectivity index (χ1v) is 11.2. The van der Waals surface area contributed by atoms with Crippen molar-refractivity contribution in [1.29, 1.82) is 0 Å². The van der Waals surface area contributed by atoms with Crippen LogP contribution in [0.4, 0.5) is 5.69 Å². The van der Waals surface area contributed by atoms with Gasteiger partial charge in [-0.3, -0.25) is 4.79 Å². The Labute approximate surface area is 203 Å². The van der Waals surface area contributed by atoms with Crippen LogP contribution in [0, 0.1) is 0 Å². The van der Waals surface area contributed by atoms with Gasteiger partial charge in [-0.2, -0.15) is 0 Å². The van der Waals surface area contributed by atoms with Crippen LogP contribution < -0.4 is 14.8 Å². The summed E-state index contributed by atoms with van der Waals surface area (Å²) in [6.07, 6.45) is -1.20. The summed E-state index contributed by atoms with van der Waals surface area (Å²) in [5, 5.41) is 2.80. The van der Waals surface area contributed by atoms with E-state index < -0.39 is 18.0 Å². The number of benzene rings is 3. The zero-order valence-electron chi connectivity index (χ0n) is 19.2. The second-order valence-corrected chi connectivity index (χ2v) is 7.48. The molecule has 0 spiro atoms. The van der Waals surface area contributed by atoms with Crippen molar-refractivity contribution in [1.82, 2.24) is 0 Å². The molecule has 0 aliphatic rings. The van der Waals surface area contributed by atoms with Crippen molar-refractivity contribution in [3.63, 3.8) is 0 Å². The summed E-state index contributed by atoms with van der Waals surface area (Å²) in [6.45, 7) is 2.45. The van der Waals surface area contributed by atoms with E-state index in [-0.39, 0.29) is 12.4 Å². The van der Waals surface area contributed by atoms with Crippen molar-refractivity contribution < 1.29 is 28.2 Å². The highest BCUT2D eigenvalue weighted by molar-refractivity contribution is 5.98. The van der Waals surface area contributed by atoms with E-state index in [9.17, 15) is 9.59 Å². The zero-order chi connectivity index (χ0) is 24.5. The number of hydrogen-bond acceptors (Lipinski definition) is 6. The molecular formula is C28H25NO6. The lowest BCUT2D eigenvalue weighted by Gasteiger charge is -2.18. The van der Waals surface area contributed by atoms with Gasteiger partial charge in [-0.25, -0.2) is 4.79 Å². The smallest absolute Gasteiger partial charge is 0.375 e. The molecule has 0 saturated heterocycles. The largest absolute Gasteiger partial charge is 0.492 e. The number of nitrogens with one attached hydrogen (secondary N) is 1. The number of hydrogen-bond donors (Lipinski definition) is 1. The molecule has 3 aromatic carbocycles. The summed E-state index contributed by atoms with van der Waals surface area (Å²) in [5.41, 5.74) is 1.00. The Hall–Kier alpha value is -4.52. The van der Waals surface area contributed by atoms with Gasteiger partial charge >= 0.3 is 5.97 Å². The van der Waals surface area contributed by atoms with E-state index in [2.05, 4.69) is 5.32 Å². The summed E-state index contributed by atoms with van der Waals surface area (Å²) < 4.78 is 22.4. The number of rotatable bonds is 10. The Bertz CT molecular complexity index is 1250. The van der Waals surface area contributed by atoms with Crippen molar-refractivity contribution in [2.75, 3.05) is 11.9 Å². The van der Waals surface area contributed by atoms with E-state index in [1.165, 1.54) is 6.07 Å². The Balaban J connectivity index is 1.48. The molecule has 178 valence electrons. The average molecular weight is 472 g/mol. The number of carbonyl (C=O) groups excluding carboxylic acids is 2.